The van der Waals surface area contributed by atoms with E-state index in [9.17, 15) is 0 Å². The van der Waals surface area contributed by atoms with Crippen LogP contribution in [0.1, 0.15) is 142 Å². The maximum absolute atomic E-state index is 7.07. The summed E-state index contributed by atoms with van der Waals surface area (Å²) in [6.07, 6.45) is 27.3. The first-order valence-corrected chi connectivity index (χ1v) is 14.7. The second-order valence-electron chi connectivity index (χ2n) is 10.5. The van der Waals surface area contributed by atoms with Crippen LogP contribution in [0.5, 0.6) is 0 Å². The zero-order valence-corrected chi connectivity index (χ0v) is 21.8. The standard InChI is InChI=1S/C28H54ClNO/c1-3-5-6-7-8-9-10-11-15-19-26(28-20-16-23-31-28)27(29)22-21-24(4-2)30-25-17-13-12-14-18-25/h24-28,30H,3-23H2,1-2H3. The molecule has 2 fully saturated rings. The van der Waals surface area contributed by atoms with Crippen molar-refractivity contribution in [2.75, 3.05) is 6.61 Å². The Morgan fingerprint density at radius 2 is 1.45 bits per heavy atom. The van der Waals surface area contributed by atoms with Gasteiger partial charge >= 0.3 is 0 Å². The van der Waals surface area contributed by atoms with E-state index in [2.05, 4.69) is 19.2 Å². The number of hydrogen-bond donors (Lipinski definition) is 1. The molecular weight excluding hydrogens is 402 g/mol. The first kappa shape index (κ1) is 27.5. The number of halogens is 1. The third-order valence-electron chi connectivity index (χ3n) is 7.91. The van der Waals surface area contributed by atoms with Crippen molar-refractivity contribution in [1.29, 1.82) is 0 Å². The monoisotopic (exact) mass is 455 g/mol. The van der Waals surface area contributed by atoms with Gasteiger partial charge in [0.25, 0.3) is 0 Å². The normalized spacial score (nSPS) is 23.1. The lowest BCUT2D eigenvalue weighted by molar-refractivity contribution is 0.0550. The van der Waals surface area contributed by atoms with Gasteiger partial charge in [0.2, 0.25) is 0 Å². The van der Waals surface area contributed by atoms with Crippen LogP contribution in [0.3, 0.4) is 0 Å². The predicted octanol–water partition coefficient (Wildman–Crippen LogP) is 8.79. The van der Waals surface area contributed by atoms with Gasteiger partial charge in [-0.3, -0.25) is 0 Å². The van der Waals surface area contributed by atoms with Gasteiger partial charge < -0.3 is 10.1 Å². The molecule has 0 aromatic carbocycles. The fraction of sp³-hybridized carbons (Fsp3) is 1.00. The maximum Gasteiger partial charge on any atom is 0.0618 e. The van der Waals surface area contributed by atoms with Crippen LogP contribution in [0.15, 0.2) is 0 Å². The molecule has 0 bridgehead atoms. The van der Waals surface area contributed by atoms with Crippen molar-refractivity contribution in [1.82, 2.24) is 5.32 Å². The number of ether oxygens (including phenoxy) is 1. The van der Waals surface area contributed by atoms with Crippen LogP contribution >= 0.6 is 11.6 Å². The molecule has 2 aliphatic rings. The van der Waals surface area contributed by atoms with Crippen LogP contribution < -0.4 is 5.32 Å². The van der Waals surface area contributed by atoms with E-state index >= 15 is 0 Å². The van der Waals surface area contributed by atoms with Gasteiger partial charge in [0.15, 0.2) is 0 Å². The highest BCUT2D eigenvalue weighted by Crippen LogP contribution is 2.33. The van der Waals surface area contributed by atoms with Gasteiger partial charge in [0.05, 0.1) is 6.10 Å². The van der Waals surface area contributed by atoms with Crippen molar-refractivity contribution in [3.05, 3.63) is 0 Å². The lowest BCUT2D eigenvalue weighted by Crippen LogP contribution is -2.40. The van der Waals surface area contributed by atoms with Crippen molar-refractivity contribution in [3.8, 4) is 0 Å². The van der Waals surface area contributed by atoms with E-state index in [0.717, 1.165) is 19.1 Å². The number of alkyl halides is 1. The van der Waals surface area contributed by atoms with Gasteiger partial charge in [-0.15, -0.1) is 11.6 Å². The molecule has 0 aromatic heterocycles. The summed E-state index contributed by atoms with van der Waals surface area (Å²) in [7, 11) is 0. The Morgan fingerprint density at radius 3 is 2.06 bits per heavy atom. The first-order chi connectivity index (χ1) is 15.2. The summed E-state index contributed by atoms with van der Waals surface area (Å²) in [5.41, 5.74) is 0. The Balaban J connectivity index is 1.66. The van der Waals surface area contributed by atoms with Gasteiger partial charge in [-0.25, -0.2) is 0 Å². The van der Waals surface area contributed by atoms with E-state index in [1.807, 2.05) is 0 Å². The number of nitrogens with one attached hydrogen (secondary N) is 1. The third-order valence-corrected chi connectivity index (χ3v) is 8.45. The largest absolute Gasteiger partial charge is 0.378 e. The predicted molar refractivity (Wildman–Crippen MR) is 137 cm³/mol. The van der Waals surface area contributed by atoms with E-state index in [0.29, 0.717) is 18.1 Å². The van der Waals surface area contributed by atoms with Gasteiger partial charge in [0.1, 0.15) is 0 Å². The highest BCUT2D eigenvalue weighted by Gasteiger charge is 2.31. The van der Waals surface area contributed by atoms with Crippen LogP contribution in [-0.2, 0) is 4.74 Å². The van der Waals surface area contributed by atoms with Crippen molar-refractivity contribution in [2.45, 2.75) is 166 Å². The van der Waals surface area contributed by atoms with Gasteiger partial charge in [-0.1, -0.05) is 90.9 Å². The molecule has 0 radical (unpaired) electrons. The number of unbranched alkanes of at least 4 members (excludes halogenated alkanes) is 8. The SMILES string of the molecule is CCCCCCCCCCCC(C(Cl)CCC(CC)NC1CCCCC1)C1CCCO1. The molecule has 4 unspecified atom stereocenters. The summed E-state index contributed by atoms with van der Waals surface area (Å²) in [4.78, 5) is 0. The van der Waals surface area contributed by atoms with E-state index in [-0.39, 0.29) is 5.38 Å². The fourth-order valence-corrected chi connectivity index (χ4v) is 6.23. The molecule has 0 spiro atoms. The Bertz CT molecular complexity index is 406. The maximum atomic E-state index is 7.07. The van der Waals surface area contributed by atoms with Crippen LogP contribution in [0, 0.1) is 5.92 Å². The lowest BCUT2D eigenvalue weighted by atomic mass is 9.87. The molecule has 1 aliphatic carbocycles. The smallest absolute Gasteiger partial charge is 0.0618 e. The topological polar surface area (TPSA) is 21.3 Å². The van der Waals surface area contributed by atoms with Crippen molar-refractivity contribution in [3.63, 3.8) is 0 Å². The summed E-state index contributed by atoms with van der Waals surface area (Å²) in [5.74, 6) is 0.556. The van der Waals surface area contributed by atoms with E-state index in [1.54, 1.807) is 0 Å². The average molecular weight is 456 g/mol. The van der Waals surface area contributed by atoms with Crippen LogP contribution in [0.4, 0.5) is 0 Å². The van der Waals surface area contributed by atoms with E-state index in [4.69, 9.17) is 16.3 Å². The average Bonchev–Trinajstić information content (AvgIpc) is 3.33. The molecule has 1 aliphatic heterocycles. The molecule has 2 rings (SSSR count). The summed E-state index contributed by atoms with van der Waals surface area (Å²) in [6.45, 7) is 5.58. The number of rotatable bonds is 18. The highest BCUT2D eigenvalue weighted by atomic mass is 35.5. The van der Waals surface area contributed by atoms with Crippen LogP contribution in [0.25, 0.3) is 0 Å². The summed E-state index contributed by atoms with van der Waals surface area (Å²) >= 11 is 7.07. The molecule has 3 heteroatoms. The zero-order chi connectivity index (χ0) is 22.2. The van der Waals surface area contributed by atoms with E-state index < -0.39 is 0 Å². The Kier molecular flexibility index (Phi) is 15.6. The van der Waals surface area contributed by atoms with Gasteiger partial charge in [-0.05, 0) is 51.4 Å². The summed E-state index contributed by atoms with van der Waals surface area (Å²) in [6, 6.07) is 1.39. The fourth-order valence-electron chi connectivity index (χ4n) is 5.81. The number of hydrogen-bond acceptors (Lipinski definition) is 2. The summed E-state index contributed by atoms with van der Waals surface area (Å²) < 4.78 is 6.12. The van der Waals surface area contributed by atoms with E-state index in [1.165, 1.54) is 122 Å². The molecule has 1 saturated heterocycles. The zero-order valence-electron chi connectivity index (χ0n) is 21.0. The minimum Gasteiger partial charge on any atom is -0.378 e. The Hall–Kier alpha value is 0.210. The van der Waals surface area contributed by atoms with Crippen molar-refractivity contribution < 1.29 is 4.74 Å². The molecule has 1 saturated carbocycles. The molecular formula is C28H54ClNO. The molecule has 4 atom stereocenters. The molecule has 2 nitrogen and oxygen atoms in total. The van der Waals surface area contributed by atoms with Crippen molar-refractivity contribution in [2.24, 2.45) is 5.92 Å². The molecule has 31 heavy (non-hydrogen) atoms. The van der Waals surface area contributed by atoms with Gasteiger partial charge in [-0.2, -0.15) is 0 Å². The van der Waals surface area contributed by atoms with Crippen LogP contribution in [-0.4, -0.2) is 30.2 Å². The molecule has 1 heterocycles. The second-order valence-corrected chi connectivity index (χ2v) is 11.1. The Labute approximate surface area is 200 Å². The van der Waals surface area contributed by atoms with Crippen molar-refractivity contribution >= 4 is 11.6 Å². The van der Waals surface area contributed by atoms with Gasteiger partial charge in [0, 0.05) is 30.0 Å². The Morgan fingerprint density at radius 1 is 0.774 bits per heavy atom. The quantitative estimate of drug-likeness (QED) is 0.164. The molecule has 184 valence electrons. The van der Waals surface area contributed by atoms with Crippen LogP contribution in [0.2, 0.25) is 0 Å². The second kappa shape index (κ2) is 17.7. The minimum absolute atomic E-state index is 0.277. The first-order valence-electron chi connectivity index (χ1n) is 14.3. The minimum atomic E-state index is 0.277. The highest BCUT2D eigenvalue weighted by molar-refractivity contribution is 6.20. The molecule has 0 amide bonds. The third kappa shape index (κ3) is 11.8. The molecule has 0 aromatic rings. The summed E-state index contributed by atoms with van der Waals surface area (Å²) in [5, 5.41) is 4.24. The molecule has 1 N–H and O–H groups in total. The lowest BCUT2D eigenvalue weighted by Gasteiger charge is -2.31.